The summed E-state index contributed by atoms with van der Waals surface area (Å²) in [5, 5.41) is 29.5. The van der Waals surface area contributed by atoms with Gasteiger partial charge in [-0.25, -0.2) is 4.39 Å². The van der Waals surface area contributed by atoms with Crippen LogP contribution >= 0.6 is 11.6 Å². The maximum atomic E-state index is 14.1. The van der Waals surface area contributed by atoms with Crippen LogP contribution in [0.25, 0.3) is 5.57 Å². The van der Waals surface area contributed by atoms with Crippen molar-refractivity contribution in [2.45, 2.75) is 6.54 Å². The number of hydrogen-bond donors (Lipinski definition) is 2. The SMILES string of the molecule is N#CC(=CNc1ccc(OCCn2cc(Cl)cn2)c(F)c1)c1nn[nH]n1. The highest BCUT2D eigenvalue weighted by Crippen LogP contribution is 2.22. The van der Waals surface area contributed by atoms with E-state index in [2.05, 4.69) is 31.0 Å². The van der Waals surface area contributed by atoms with E-state index in [0.717, 1.165) is 0 Å². The third-order valence-corrected chi connectivity index (χ3v) is 3.40. The maximum Gasteiger partial charge on any atom is 0.216 e. The third-order valence-electron chi connectivity index (χ3n) is 3.20. The Balaban J connectivity index is 1.59. The van der Waals surface area contributed by atoms with Crippen LogP contribution in [0.4, 0.5) is 10.1 Å². The van der Waals surface area contributed by atoms with Crippen LogP contribution in [0.15, 0.2) is 36.8 Å². The number of aromatic nitrogens is 6. The quantitative estimate of drug-likeness (QED) is 0.609. The van der Waals surface area contributed by atoms with E-state index in [0.29, 0.717) is 17.3 Å². The Hall–Kier alpha value is -3.45. The molecule has 0 spiro atoms. The van der Waals surface area contributed by atoms with E-state index in [9.17, 15) is 4.39 Å². The molecule has 0 unspecified atom stereocenters. The third kappa shape index (κ3) is 4.34. The summed E-state index contributed by atoms with van der Waals surface area (Å²) in [6.07, 6.45) is 4.53. The number of aromatic amines is 1. The molecule has 2 aromatic heterocycles. The molecule has 9 nitrogen and oxygen atoms in total. The first kappa shape index (κ1) is 17.4. The van der Waals surface area contributed by atoms with Gasteiger partial charge in [-0.1, -0.05) is 11.6 Å². The van der Waals surface area contributed by atoms with Gasteiger partial charge in [0.1, 0.15) is 18.2 Å². The average molecular weight is 375 g/mol. The molecule has 11 heteroatoms. The lowest BCUT2D eigenvalue weighted by Crippen LogP contribution is -2.09. The molecule has 3 rings (SSSR count). The van der Waals surface area contributed by atoms with Crippen LogP contribution in [-0.4, -0.2) is 37.0 Å². The summed E-state index contributed by atoms with van der Waals surface area (Å²) in [4.78, 5) is 0. The molecule has 132 valence electrons. The fourth-order valence-corrected chi connectivity index (χ4v) is 2.15. The van der Waals surface area contributed by atoms with Crippen LogP contribution in [0.1, 0.15) is 5.82 Å². The molecule has 0 bridgehead atoms. The van der Waals surface area contributed by atoms with Crippen molar-refractivity contribution in [1.29, 1.82) is 5.26 Å². The van der Waals surface area contributed by atoms with Crippen molar-refractivity contribution in [2.24, 2.45) is 0 Å². The lowest BCUT2D eigenvalue weighted by molar-refractivity contribution is 0.278. The lowest BCUT2D eigenvalue weighted by atomic mass is 10.2. The van der Waals surface area contributed by atoms with Crippen molar-refractivity contribution in [3.8, 4) is 11.8 Å². The van der Waals surface area contributed by atoms with Crippen LogP contribution in [0.3, 0.4) is 0 Å². The zero-order valence-corrected chi connectivity index (χ0v) is 14.0. The monoisotopic (exact) mass is 374 g/mol. The number of halogens is 2. The Kier molecular flexibility index (Phi) is 5.40. The minimum Gasteiger partial charge on any atom is -0.489 e. The molecule has 2 heterocycles. The van der Waals surface area contributed by atoms with Gasteiger partial charge in [-0.15, -0.1) is 10.2 Å². The minimum atomic E-state index is -0.542. The predicted octanol–water partition coefficient (Wildman–Crippen LogP) is 2.24. The summed E-state index contributed by atoms with van der Waals surface area (Å²) in [6.45, 7) is 0.670. The Morgan fingerprint density at radius 1 is 1.50 bits per heavy atom. The molecule has 0 aliphatic rings. The second-order valence-electron chi connectivity index (χ2n) is 4.96. The lowest BCUT2D eigenvalue weighted by Gasteiger charge is -2.09. The maximum absolute atomic E-state index is 14.1. The van der Waals surface area contributed by atoms with Crippen molar-refractivity contribution in [3.05, 3.63) is 53.5 Å². The number of tetrazole rings is 1. The molecule has 0 saturated carbocycles. The number of nitriles is 1. The molecule has 0 aliphatic heterocycles. The van der Waals surface area contributed by atoms with Crippen LogP contribution in [0.2, 0.25) is 5.02 Å². The molecule has 0 aliphatic carbocycles. The zero-order chi connectivity index (χ0) is 18.4. The Morgan fingerprint density at radius 2 is 2.38 bits per heavy atom. The summed E-state index contributed by atoms with van der Waals surface area (Å²) < 4.78 is 21.1. The van der Waals surface area contributed by atoms with Gasteiger partial charge in [0, 0.05) is 24.2 Å². The molecule has 2 N–H and O–H groups in total. The zero-order valence-electron chi connectivity index (χ0n) is 13.2. The van der Waals surface area contributed by atoms with Gasteiger partial charge in [0.15, 0.2) is 11.6 Å². The van der Waals surface area contributed by atoms with Crippen LogP contribution in [0.5, 0.6) is 5.75 Å². The first-order chi connectivity index (χ1) is 12.7. The first-order valence-corrected chi connectivity index (χ1v) is 7.74. The number of ether oxygens (including phenoxy) is 1. The highest BCUT2D eigenvalue weighted by Gasteiger charge is 2.07. The molecule has 0 saturated heterocycles. The predicted molar refractivity (Wildman–Crippen MR) is 90.5 cm³/mol. The van der Waals surface area contributed by atoms with E-state index in [1.807, 2.05) is 6.07 Å². The summed E-state index contributed by atoms with van der Waals surface area (Å²) in [5.41, 5.74) is 0.585. The second kappa shape index (κ2) is 8.09. The summed E-state index contributed by atoms with van der Waals surface area (Å²) in [7, 11) is 0. The molecule has 3 aromatic rings. The molecule has 0 radical (unpaired) electrons. The van der Waals surface area contributed by atoms with E-state index in [-0.39, 0.29) is 23.8 Å². The second-order valence-corrected chi connectivity index (χ2v) is 5.40. The van der Waals surface area contributed by atoms with Crippen molar-refractivity contribution >= 4 is 22.9 Å². The van der Waals surface area contributed by atoms with E-state index in [1.54, 1.807) is 16.9 Å². The highest BCUT2D eigenvalue weighted by molar-refractivity contribution is 6.30. The molecular weight excluding hydrogens is 363 g/mol. The van der Waals surface area contributed by atoms with E-state index in [1.165, 1.54) is 24.5 Å². The van der Waals surface area contributed by atoms with Crippen molar-refractivity contribution < 1.29 is 9.13 Å². The molecule has 0 fully saturated rings. The minimum absolute atomic E-state index is 0.108. The van der Waals surface area contributed by atoms with Crippen molar-refractivity contribution in [1.82, 2.24) is 30.4 Å². The molecule has 26 heavy (non-hydrogen) atoms. The van der Waals surface area contributed by atoms with Gasteiger partial charge in [0.25, 0.3) is 0 Å². The normalized spacial score (nSPS) is 11.2. The first-order valence-electron chi connectivity index (χ1n) is 7.36. The Bertz CT molecular complexity index is 947. The number of H-pyrrole nitrogens is 1. The smallest absolute Gasteiger partial charge is 0.216 e. The molecule has 1 aromatic carbocycles. The van der Waals surface area contributed by atoms with Gasteiger partial charge in [0.05, 0.1) is 17.8 Å². The Labute approximate surface area is 152 Å². The van der Waals surface area contributed by atoms with E-state index >= 15 is 0 Å². The number of nitrogens with one attached hydrogen (secondary N) is 2. The fourth-order valence-electron chi connectivity index (χ4n) is 2.00. The molecule has 0 amide bonds. The molecular formula is C15H12ClFN8O. The van der Waals surface area contributed by atoms with Crippen molar-refractivity contribution in [2.75, 3.05) is 11.9 Å². The van der Waals surface area contributed by atoms with E-state index < -0.39 is 5.82 Å². The fraction of sp³-hybridized carbons (Fsp3) is 0.133. The average Bonchev–Trinajstić information content (AvgIpc) is 3.29. The van der Waals surface area contributed by atoms with Gasteiger partial charge in [0.2, 0.25) is 5.82 Å². The topological polar surface area (TPSA) is 117 Å². The van der Waals surface area contributed by atoms with Gasteiger partial charge >= 0.3 is 0 Å². The Morgan fingerprint density at radius 3 is 3.04 bits per heavy atom. The largest absolute Gasteiger partial charge is 0.489 e. The summed E-state index contributed by atoms with van der Waals surface area (Å²) in [6, 6.07) is 6.28. The number of anilines is 1. The summed E-state index contributed by atoms with van der Waals surface area (Å²) >= 11 is 5.77. The van der Waals surface area contributed by atoms with Crippen LogP contribution in [0, 0.1) is 17.1 Å². The summed E-state index contributed by atoms with van der Waals surface area (Å²) in [5.74, 6) is -0.296. The van der Waals surface area contributed by atoms with Crippen molar-refractivity contribution in [3.63, 3.8) is 0 Å². The number of rotatable bonds is 7. The number of hydrogen-bond acceptors (Lipinski definition) is 7. The van der Waals surface area contributed by atoms with Crippen LogP contribution < -0.4 is 10.1 Å². The van der Waals surface area contributed by atoms with E-state index in [4.69, 9.17) is 21.6 Å². The number of allylic oxidation sites excluding steroid dienone is 1. The van der Waals surface area contributed by atoms with Gasteiger partial charge < -0.3 is 10.1 Å². The van der Waals surface area contributed by atoms with Gasteiger partial charge in [-0.05, 0) is 17.3 Å². The highest BCUT2D eigenvalue weighted by atomic mass is 35.5. The molecule has 0 atom stereocenters. The number of benzene rings is 1. The van der Waals surface area contributed by atoms with Gasteiger partial charge in [-0.2, -0.15) is 15.6 Å². The van der Waals surface area contributed by atoms with Crippen LogP contribution in [-0.2, 0) is 6.54 Å². The van der Waals surface area contributed by atoms with Gasteiger partial charge in [-0.3, -0.25) is 4.68 Å². The number of nitrogens with zero attached hydrogens (tertiary/aromatic N) is 6. The standard InChI is InChI=1S/C15H12ClFN8O/c16-11-8-20-25(9-11)3-4-26-14-2-1-12(5-13(14)17)19-7-10(6-18)15-21-23-24-22-15/h1-2,5,7-9,19H,3-4H2,(H,21,22,23,24).